The van der Waals surface area contributed by atoms with Crippen molar-refractivity contribution >= 4 is 61.0 Å². The molecule has 0 aliphatic heterocycles. The van der Waals surface area contributed by atoms with Crippen molar-refractivity contribution in [2.24, 2.45) is 0 Å². The van der Waals surface area contributed by atoms with Crippen molar-refractivity contribution in [3.8, 4) is 5.75 Å². The van der Waals surface area contributed by atoms with Crippen LogP contribution in [0.1, 0.15) is 17.5 Å². The fourth-order valence-electron chi connectivity index (χ4n) is 2.29. The highest BCUT2D eigenvalue weighted by atomic mass is 79.9. The summed E-state index contributed by atoms with van der Waals surface area (Å²) in [5, 5.41) is 2.44. The van der Waals surface area contributed by atoms with Gasteiger partial charge in [-0.1, -0.05) is 46.3 Å². The predicted octanol–water partition coefficient (Wildman–Crippen LogP) is 3.55. The predicted molar refractivity (Wildman–Crippen MR) is 119 cm³/mol. The molecule has 2 aromatic rings. The van der Waals surface area contributed by atoms with Gasteiger partial charge in [0.25, 0.3) is 5.91 Å². The SMILES string of the molecule is Cc1cc(Br)cc(Br)c1OCC(=O)NC(=S)NNC(=O)CCc1ccccc1. The lowest BCUT2D eigenvalue weighted by molar-refractivity contribution is -0.123. The van der Waals surface area contributed by atoms with E-state index < -0.39 is 5.91 Å². The second-order valence-electron chi connectivity index (χ2n) is 5.86. The highest BCUT2D eigenvalue weighted by molar-refractivity contribution is 9.11. The maximum atomic E-state index is 12.0. The summed E-state index contributed by atoms with van der Waals surface area (Å²) < 4.78 is 7.18. The fourth-order valence-corrected chi connectivity index (χ4v) is 4.01. The first-order valence-corrected chi connectivity index (χ1v) is 10.4. The first-order valence-electron chi connectivity index (χ1n) is 8.36. The number of aryl methyl sites for hydroxylation is 2. The fraction of sp³-hybridized carbons (Fsp3) is 0.211. The number of rotatable bonds is 6. The Balaban J connectivity index is 1.69. The quantitative estimate of drug-likeness (QED) is 0.394. The summed E-state index contributed by atoms with van der Waals surface area (Å²) in [5.74, 6) is -0.0946. The minimum atomic E-state index is -0.440. The second kappa shape index (κ2) is 11.1. The lowest BCUT2D eigenvalue weighted by Gasteiger charge is -2.13. The van der Waals surface area contributed by atoms with Crippen LogP contribution in [0, 0.1) is 6.92 Å². The molecule has 0 unspecified atom stereocenters. The number of hydrogen-bond donors (Lipinski definition) is 3. The summed E-state index contributed by atoms with van der Waals surface area (Å²) in [6.45, 7) is 1.66. The Morgan fingerprint density at radius 3 is 2.46 bits per heavy atom. The normalized spacial score (nSPS) is 10.1. The maximum absolute atomic E-state index is 12.0. The zero-order valence-corrected chi connectivity index (χ0v) is 19.0. The van der Waals surface area contributed by atoms with Crippen LogP contribution in [0.25, 0.3) is 0 Å². The van der Waals surface area contributed by atoms with Crippen molar-refractivity contribution in [2.75, 3.05) is 6.61 Å². The van der Waals surface area contributed by atoms with E-state index in [0.717, 1.165) is 20.1 Å². The number of halogens is 2. The molecule has 0 saturated heterocycles. The number of hydrogen-bond acceptors (Lipinski definition) is 4. The van der Waals surface area contributed by atoms with Crippen molar-refractivity contribution < 1.29 is 14.3 Å². The van der Waals surface area contributed by atoms with E-state index in [1.165, 1.54) is 0 Å². The molecule has 0 saturated carbocycles. The summed E-state index contributed by atoms with van der Waals surface area (Å²) in [7, 11) is 0. The molecule has 0 fully saturated rings. The van der Waals surface area contributed by atoms with E-state index in [9.17, 15) is 9.59 Å². The van der Waals surface area contributed by atoms with Crippen molar-refractivity contribution in [1.29, 1.82) is 0 Å². The number of amides is 2. The minimum absolute atomic E-state index is 0.00625. The minimum Gasteiger partial charge on any atom is -0.482 e. The molecule has 2 rings (SSSR count). The zero-order valence-electron chi connectivity index (χ0n) is 15.1. The van der Waals surface area contributed by atoms with E-state index in [1.54, 1.807) is 0 Å². The lowest BCUT2D eigenvalue weighted by Crippen LogP contribution is -2.49. The summed E-state index contributed by atoms with van der Waals surface area (Å²) >= 11 is 11.8. The highest BCUT2D eigenvalue weighted by Gasteiger charge is 2.11. The van der Waals surface area contributed by atoms with E-state index >= 15 is 0 Å². The molecule has 0 aromatic heterocycles. The van der Waals surface area contributed by atoms with Gasteiger partial charge in [0.05, 0.1) is 4.47 Å². The van der Waals surface area contributed by atoms with Crippen molar-refractivity contribution in [3.05, 3.63) is 62.5 Å². The average molecular weight is 529 g/mol. The van der Waals surface area contributed by atoms with Crippen molar-refractivity contribution in [3.63, 3.8) is 0 Å². The lowest BCUT2D eigenvalue weighted by atomic mass is 10.1. The van der Waals surface area contributed by atoms with Gasteiger partial charge in [0, 0.05) is 10.9 Å². The van der Waals surface area contributed by atoms with Crippen LogP contribution in [0.3, 0.4) is 0 Å². The molecule has 28 heavy (non-hydrogen) atoms. The van der Waals surface area contributed by atoms with Gasteiger partial charge in [0.15, 0.2) is 11.7 Å². The second-order valence-corrected chi connectivity index (χ2v) is 8.04. The van der Waals surface area contributed by atoms with E-state index in [4.69, 9.17) is 17.0 Å². The summed E-state index contributed by atoms with van der Waals surface area (Å²) in [5.41, 5.74) is 6.91. The molecule has 0 spiro atoms. The molecule has 0 aliphatic rings. The first-order chi connectivity index (χ1) is 13.3. The van der Waals surface area contributed by atoms with Gasteiger partial charge in [-0.2, -0.15) is 0 Å². The Labute approximate surface area is 185 Å². The number of carbonyl (C=O) groups is 2. The monoisotopic (exact) mass is 527 g/mol. The van der Waals surface area contributed by atoms with Crippen LogP contribution < -0.4 is 20.9 Å². The molecule has 2 aromatic carbocycles. The summed E-state index contributed by atoms with van der Waals surface area (Å²) in [6.07, 6.45) is 0.913. The molecule has 3 N–H and O–H groups in total. The molecule has 0 bridgehead atoms. The molecule has 0 aliphatic carbocycles. The number of ether oxygens (including phenoxy) is 1. The molecule has 148 valence electrons. The molecule has 0 atom stereocenters. The van der Waals surface area contributed by atoms with Gasteiger partial charge < -0.3 is 4.74 Å². The summed E-state index contributed by atoms with van der Waals surface area (Å²) in [4.78, 5) is 23.8. The van der Waals surface area contributed by atoms with Crippen molar-refractivity contribution in [1.82, 2.24) is 16.2 Å². The van der Waals surface area contributed by atoms with Crippen molar-refractivity contribution in [2.45, 2.75) is 19.8 Å². The molecule has 0 heterocycles. The molecule has 2 amide bonds. The Morgan fingerprint density at radius 1 is 1.07 bits per heavy atom. The number of hydrazine groups is 1. The van der Waals surface area contributed by atoms with E-state index in [1.807, 2.05) is 49.4 Å². The largest absolute Gasteiger partial charge is 0.482 e. The Morgan fingerprint density at radius 2 is 1.79 bits per heavy atom. The maximum Gasteiger partial charge on any atom is 0.264 e. The van der Waals surface area contributed by atoms with Gasteiger partial charge >= 0.3 is 0 Å². The molecule has 6 nitrogen and oxygen atoms in total. The van der Waals surface area contributed by atoms with Gasteiger partial charge in [-0.05, 0) is 64.8 Å². The van der Waals surface area contributed by atoms with Gasteiger partial charge in [0.2, 0.25) is 5.91 Å². The first kappa shape index (κ1) is 22.3. The molecule has 9 heteroatoms. The molecular formula is C19H19Br2N3O3S. The third-order valence-electron chi connectivity index (χ3n) is 3.59. The average Bonchev–Trinajstić information content (AvgIpc) is 2.64. The van der Waals surface area contributed by atoms with Crippen LogP contribution in [0.5, 0.6) is 5.75 Å². The smallest absolute Gasteiger partial charge is 0.264 e. The number of nitrogens with one attached hydrogen (secondary N) is 3. The number of thiocarbonyl (C=S) groups is 1. The van der Waals surface area contributed by atoms with Gasteiger partial charge in [-0.25, -0.2) is 0 Å². The number of carbonyl (C=O) groups excluding carboxylic acids is 2. The highest BCUT2D eigenvalue weighted by Crippen LogP contribution is 2.32. The zero-order chi connectivity index (χ0) is 20.5. The van der Waals surface area contributed by atoms with Crippen LogP contribution in [0.2, 0.25) is 0 Å². The summed E-state index contributed by atoms with van der Waals surface area (Å²) in [6, 6.07) is 13.4. The third kappa shape index (κ3) is 7.57. The Bertz CT molecular complexity index is 840. The van der Waals surface area contributed by atoms with E-state index in [2.05, 4.69) is 48.0 Å². The third-order valence-corrected chi connectivity index (χ3v) is 4.84. The van der Waals surface area contributed by atoms with Crippen LogP contribution in [0.4, 0.5) is 0 Å². The van der Waals surface area contributed by atoms with Crippen LogP contribution >= 0.6 is 44.1 Å². The standard InChI is InChI=1S/C19H19Br2N3O3S/c1-12-9-14(20)10-15(21)18(12)27-11-17(26)22-19(28)24-23-16(25)8-7-13-5-3-2-4-6-13/h2-6,9-10H,7-8,11H2,1H3,(H,23,25)(H2,22,24,26,28). The Hall–Kier alpha value is -1.97. The van der Waals surface area contributed by atoms with E-state index in [-0.39, 0.29) is 17.6 Å². The Kier molecular flexibility index (Phi) is 8.88. The van der Waals surface area contributed by atoms with Crippen LogP contribution in [0.15, 0.2) is 51.4 Å². The number of benzene rings is 2. The van der Waals surface area contributed by atoms with Crippen LogP contribution in [-0.2, 0) is 16.0 Å². The molecular weight excluding hydrogens is 510 g/mol. The van der Waals surface area contributed by atoms with Crippen LogP contribution in [-0.4, -0.2) is 23.5 Å². The topological polar surface area (TPSA) is 79.5 Å². The molecule has 0 radical (unpaired) electrons. The van der Waals surface area contributed by atoms with Gasteiger partial charge in [0.1, 0.15) is 5.75 Å². The van der Waals surface area contributed by atoms with E-state index in [0.29, 0.717) is 18.6 Å². The van der Waals surface area contributed by atoms with Gasteiger partial charge in [-0.3, -0.25) is 25.8 Å². The van der Waals surface area contributed by atoms with Gasteiger partial charge in [-0.15, -0.1) is 0 Å².